The number of alkyl halides is 1. The van der Waals surface area contributed by atoms with Crippen molar-refractivity contribution in [3.8, 4) is 5.75 Å². The number of halogens is 2. The number of benzene rings is 1. The molecule has 0 unspecified atom stereocenters. The van der Waals surface area contributed by atoms with E-state index in [-0.39, 0.29) is 11.7 Å². The Morgan fingerprint density at radius 2 is 2.25 bits per heavy atom. The zero-order valence-corrected chi connectivity index (χ0v) is 11.3. The lowest BCUT2D eigenvalue weighted by Gasteiger charge is -2.16. The Morgan fingerprint density at radius 3 is 2.81 bits per heavy atom. The van der Waals surface area contributed by atoms with Crippen molar-refractivity contribution in [1.29, 1.82) is 0 Å². The van der Waals surface area contributed by atoms with E-state index in [1.165, 1.54) is 0 Å². The first-order valence-electron chi connectivity index (χ1n) is 4.82. The monoisotopic (exact) mass is 305 g/mol. The molecule has 0 radical (unpaired) electrons. The molecule has 0 saturated heterocycles. The summed E-state index contributed by atoms with van der Waals surface area (Å²) < 4.78 is 0.628. The second kappa shape index (κ2) is 6.11. The molecule has 1 aromatic rings. The van der Waals surface area contributed by atoms with Crippen molar-refractivity contribution in [3.05, 3.63) is 28.2 Å². The molecule has 0 aliphatic heterocycles. The lowest BCUT2D eigenvalue weighted by molar-refractivity contribution is -0.129. The summed E-state index contributed by atoms with van der Waals surface area (Å²) in [7, 11) is 1.73. The van der Waals surface area contributed by atoms with Crippen LogP contribution in [0.3, 0.4) is 0 Å². The fourth-order valence-electron chi connectivity index (χ4n) is 1.28. The van der Waals surface area contributed by atoms with E-state index in [0.717, 1.165) is 5.56 Å². The van der Waals surface area contributed by atoms with Crippen molar-refractivity contribution in [3.63, 3.8) is 0 Å². The largest absolute Gasteiger partial charge is 0.507 e. The Bertz CT molecular complexity index is 384. The molecule has 1 aromatic carbocycles. The van der Waals surface area contributed by atoms with Crippen LogP contribution in [0.25, 0.3) is 0 Å². The van der Waals surface area contributed by atoms with Gasteiger partial charge in [0.15, 0.2) is 0 Å². The van der Waals surface area contributed by atoms with Gasteiger partial charge in [0.2, 0.25) is 5.91 Å². The Hall–Kier alpha value is -0.740. The molecule has 5 heteroatoms. The van der Waals surface area contributed by atoms with E-state index >= 15 is 0 Å². The molecule has 1 amide bonds. The van der Waals surface area contributed by atoms with Crippen molar-refractivity contribution >= 4 is 33.4 Å². The smallest absolute Gasteiger partial charge is 0.223 e. The number of nitrogens with zero attached hydrogens (tertiary/aromatic N) is 1. The molecule has 1 N–H and O–H groups in total. The van der Waals surface area contributed by atoms with Gasteiger partial charge in [-0.2, -0.15) is 0 Å². The van der Waals surface area contributed by atoms with Gasteiger partial charge < -0.3 is 10.0 Å². The van der Waals surface area contributed by atoms with E-state index in [0.29, 0.717) is 23.3 Å². The number of hydrogen-bond acceptors (Lipinski definition) is 2. The Labute approximate surface area is 108 Å². The average molecular weight is 307 g/mol. The highest BCUT2D eigenvalue weighted by Crippen LogP contribution is 2.24. The van der Waals surface area contributed by atoms with Crippen LogP contribution in [0.1, 0.15) is 12.0 Å². The van der Waals surface area contributed by atoms with Crippen LogP contribution < -0.4 is 0 Å². The molecule has 0 spiro atoms. The summed E-state index contributed by atoms with van der Waals surface area (Å²) in [4.78, 5) is 13.1. The van der Waals surface area contributed by atoms with Crippen LogP contribution >= 0.6 is 27.5 Å². The van der Waals surface area contributed by atoms with Crippen LogP contribution in [0, 0.1) is 0 Å². The second-order valence-corrected chi connectivity index (χ2v) is 4.71. The van der Waals surface area contributed by atoms with E-state index in [1.807, 2.05) is 0 Å². The SMILES string of the molecule is CN(Cc1ccc(O)c(Br)c1)C(=O)CCCl. The maximum absolute atomic E-state index is 11.5. The molecule has 0 aliphatic carbocycles. The van der Waals surface area contributed by atoms with Gasteiger partial charge in [0, 0.05) is 25.9 Å². The third-order valence-corrected chi connectivity index (χ3v) is 2.99. The highest BCUT2D eigenvalue weighted by molar-refractivity contribution is 9.10. The van der Waals surface area contributed by atoms with Gasteiger partial charge in [0.1, 0.15) is 5.75 Å². The van der Waals surface area contributed by atoms with Crippen LogP contribution in [0.2, 0.25) is 0 Å². The summed E-state index contributed by atoms with van der Waals surface area (Å²) in [5, 5.41) is 9.33. The maximum atomic E-state index is 11.5. The van der Waals surface area contributed by atoms with E-state index in [4.69, 9.17) is 11.6 Å². The molecule has 0 atom stereocenters. The number of rotatable bonds is 4. The minimum atomic E-state index is 0.0131. The van der Waals surface area contributed by atoms with Crippen molar-refractivity contribution in [1.82, 2.24) is 4.90 Å². The summed E-state index contributed by atoms with van der Waals surface area (Å²) in [6, 6.07) is 5.17. The molecule has 16 heavy (non-hydrogen) atoms. The summed E-state index contributed by atoms with van der Waals surface area (Å²) in [6.07, 6.45) is 0.345. The topological polar surface area (TPSA) is 40.5 Å². The van der Waals surface area contributed by atoms with Crippen LogP contribution in [0.15, 0.2) is 22.7 Å². The molecule has 88 valence electrons. The third-order valence-electron chi connectivity index (χ3n) is 2.17. The fraction of sp³-hybridized carbons (Fsp3) is 0.364. The molecular weight excluding hydrogens is 293 g/mol. The van der Waals surface area contributed by atoms with Gasteiger partial charge >= 0.3 is 0 Å². The van der Waals surface area contributed by atoms with Crippen LogP contribution in [0.5, 0.6) is 5.75 Å². The van der Waals surface area contributed by atoms with Gasteiger partial charge in [-0.25, -0.2) is 0 Å². The first-order valence-corrected chi connectivity index (χ1v) is 6.14. The number of amides is 1. The lowest BCUT2D eigenvalue weighted by atomic mass is 10.2. The number of phenolic OH excluding ortho intramolecular Hbond substituents is 1. The third kappa shape index (κ3) is 3.68. The number of carbonyl (C=O) groups is 1. The summed E-state index contributed by atoms with van der Waals surface area (Å²) in [5.74, 6) is 0.542. The van der Waals surface area contributed by atoms with E-state index in [2.05, 4.69) is 15.9 Å². The predicted molar refractivity (Wildman–Crippen MR) is 67.6 cm³/mol. The molecule has 0 saturated carbocycles. The van der Waals surface area contributed by atoms with Gasteiger partial charge in [0.05, 0.1) is 4.47 Å². The number of hydrogen-bond donors (Lipinski definition) is 1. The summed E-state index contributed by atoms with van der Waals surface area (Å²) >= 11 is 8.73. The van der Waals surface area contributed by atoms with Crippen LogP contribution in [-0.2, 0) is 11.3 Å². The molecule has 1 rings (SSSR count). The highest BCUT2D eigenvalue weighted by atomic mass is 79.9. The molecule has 0 heterocycles. The van der Waals surface area contributed by atoms with Gasteiger partial charge in [-0.15, -0.1) is 11.6 Å². The first kappa shape index (κ1) is 13.3. The Balaban J connectivity index is 2.66. The highest BCUT2D eigenvalue weighted by Gasteiger charge is 2.09. The zero-order valence-electron chi connectivity index (χ0n) is 8.91. The zero-order chi connectivity index (χ0) is 12.1. The van der Waals surface area contributed by atoms with Crippen molar-refractivity contribution < 1.29 is 9.90 Å². The van der Waals surface area contributed by atoms with E-state index in [9.17, 15) is 9.90 Å². The first-order chi connectivity index (χ1) is 7.54. The summed E-state index contributed by atoms with van der Waals surface area (Å²) in [5.41, 5.74) is 0.954. The van der Waals surface area contributed by atoms with Crippen molar-refractivity contribution in [2.75, 3.05) is 12.9 Å². The Kier molecular flexibility index (Phi) is 5.09. The lowest BCUT2D eigenvalue weighted by Crippen LogP contribution is -2.26. The average Bonchev–Trinajstić information content (AvgIpc) is 2.24. The van der Waals surface area contributed by atoms with E-state index in [1.54, 1.807) is 30.1 Å². The van der Waals surface area contributed by atoms with Crippen LogP contribution in [0.4, 0.5) is 0 Å². The van der Waals surface area contributed by atoms with Crippen LogP contribution in [-0.4, -0.2) is 28.8 Å². The fourth-order valence-corrected chi connectivity index (χ4v) is 1.87. The Morgan fingerprint density at radius 1 is 1.56 bits per heavy atom. The van der Waals surface area contributed by atoms with Gasteiger partial charge in [-0.1, -0.05) is 6.07 Å². The molecular formula is C11H13BrClNO2. The molecule has 0 bridgehead atoms. The molecule has 0 fully saturated rings. The molecule has 3 nitrogen and oxygen atoms in total. The predicted octanol–water partition coefficient (Wildman–Crippen LogP) is 2.74. The molecule has 0 aliphatic rings. The van der Waals surface area contributed by atoms with Gasteiger partial charge in [0.25, 0.3) is 0 Å². The molecule has 0 aromatic heterocycles. The number of phenols is 1. The van der Waals surface area contributed by atoms with Crippen molar-refractivity contribution in [2.24, 2.45) is 0 Å². The van der Waals surface area contributed by atoms with Gasteiger partial charge in [-0.05, 0) is 33.6 Å². The minimum Gasteiger partial charge on any atom is -0.507 e. The normalized spacial score (nSPS) is 10.2. The maximum Gasteiger partial charge on any atom is 0.223 e. The number of carbonyl (C=O) groups excluding carboxylic acids is 1. The quantitative estimate of drug-likeness (QED) is 0.869. The van der Waals surface area contributed by atoms with Gasteiger partial charge in [-0.3, -0.25) is 4.79 Å². The minimum absolute atomic E-state index is 0.0131. The van der Waals surface area contributed by atoms with E-state index < -0.39 is 0 Å². The summed E-state index contributed by atoms with van der Waals surface area (Å²) in [6.45, 7) is 0.509. The second-order valence-electron chi connectivity index (χ2n) is 3.47. The number of aromatic hydroxyl groups is 1. The standard InChI is InChI=1S/C11H13BrClNO2/c1-14(11(16)4-5-13)7-8-2-3-10(15)9(12)6-8/h2-3,6,15H,4-5,7H2,1H3. The van der Waals surface area contributed by atoms with Crippen molar-refractivity contribution in [2.45, 2.75) is 13.0 Å².